The molecule has 0 saturated carbocycles. The molecule has 2 N–H and O–H groups in total. The van der Waals surface area contributed by atoms with E-state index in [2.05, 4.69) is 26.1 Å². The monoisotopic (exact) mass is 283 g/mol. The SMILES string of the molecule is CC(C)(C)NCc1cccc(F)c1OCCCCCO. The fourth-order valence-corrected chi connectivity index (χ4v) is 1.78. The number of aliphatic hydroxyl groups excluding tert-OH is 1. The largest absolute Gasteiger partial charge is 0.490 e. The molecule has 0 amide bonds. The molecule has 114 valence electrons. The van der Waals surface area contributed by atoms with E-state index < -0.39 is 0 Å². The highest BCUT2D eigenvalue weighted by Crippen LogP contribution is 2.23. The lowest BCUT2D eigenvalue weighted by atomic mass is 10.1. The van der Waals surface area contributed by atoms with E-state index in [1.807, 2.05) is 6.07 Å². The van der Waals surface area contributed by atoms with Crippen molar-refractivity contribution in [1.29, 1.82) is 0 Å². The molecule has 3 nitrogen and oxygen atoms in total. The maximum Gasteiger partial charge on any atom is 0.165 e. The standard InChI is InChI=1S/C16H26FNO2/c1-16(2,3)18-12-13-8-7-9-14(17)15(13)20-11-6-4-5-10-19/h7-9,18-19H,4-6,10-12H2,1-3H3. The summed E-state index contributed by atoms with van der Waals surface area (Å²) < 4.78 is 19.4. The topological polar surface area (TPSA) is 41.5 Å². The van der Waals surface area contributed by atoms with Crippen LogP contribution in [0.2, 0.25) is 0 Å². The van der Waals surface area contributed by atoms with Gasteiger partial charge in [0.05, 0.1) is 6.61 Å². The lowest BCUT2D eigenvalue weighted by Gasteiger charge is -2.21. The minimum atomic E-state index is -0.319. The van der Waals surface area contributed by atoms with Gasteiger partial charge in [0.15, 0.2) is 11.6 Å². The van der Waals surface area contributed by atoms with Gasteiger partial charge in [0.1, 0.15) is 0 Å². The number of unbranched alkanes of at least 4 members (excludes halogenated alkanes) is 2. The molecule has 0 aliphatic heterocycles. The Morgan fingerprint density at radius 3 is 2.60 bits per heavy atom. The van der Waals surface area contributed by atoms with Gasteiger partial charge in [-0.15, -0.1) is 0 Å². The quantitative estimate of drug-likeness (QED) is 0.720. The Bertz CT molecular complexity index is 402. The van der Waals surface area contributed by atoms with E-state index in [0.717, 1.165) is 24.8 Å². The number of aliphatic hydroxyl groups is 1. The van der Waals surface area contributed by atoms with E-state index in [1.165, 1.54) is 6.07 Å². The molecule has 0 fully saturated rings. The zero-order valence-electron chi connectivity index (χ0n) is 12.7. The highest BCUT2D eigenvalue weighted by molar-refractivity contribution is 5.35. The molecule has 20 heavy (non-hydrogen) atoms. The molecule has 1 aromatic carbocycles. The number of ether oxygens (including phenoxy) is 1. The first kappa shape index (κ1) is 16.9. The summed E-state index contributed by atoms with van der Waals surface area (Å²) >= 11 is 0. The molecule has 1 aromatic rings. The molecule has 1 rings (SSSR count). The molecule has 0 aliphatic carbocycles. The highest BCUT2D eigenvalue weighted by atomic mass is 19.1. The van der Waals surface area contributed by atoms with E-state index in [4.69, 9.17) is 9.84 Å². The van der Waals surface area contributed by atoms with E-state index in [1.54, 1.807) is 6.07 Å². The van der Waals surface area contributed by atoms with Crippen LogP contribution in [0.15, 0.2) is 18.2 Å². The predicted molar refractivity (Wildman–Crippen MR) is 79.4 cm³/mol. The molecule has 0 heterocycles. The molecule has 0 saturated heterocycles. The average molecular weight is 283 g/mol. The van der Waals surface area contributed by atoms with Crippen LogP contribution in [0.25, 0.3) is 0 Å². The summed E-state index contributed by atoms with van der Waals surface area (Å²) in [4.78, 5) is 0. The molecule has 0 bridgehead atoms. The Morgan fingerprint density at radius 1 is 1.20 bits per heavy atom. The number of halogens is 1. The second-order valence-corrected chi connectivity index (χ2v) is 5.96. The Kier molecular flexibility index (Phi) is 6.96. The van der Waals surface area contributed by atoms with Crippen molar-refractivity contribution in [2.75, 3.05) is 13.2 Å². The summed E-state index contributed by atoms with van der Waals surface area (Å²) in [6.45, 7) is 7.46. The van der Waals surface area contributed by atoms with Crippen molar-refractivity contribution in [2.45, 2.75) is 52.1 Å². The Morgan fingerprint density at radius 2 is 1.95 bits per heavy atom. The summed E-state index contributed by atoms with van der Waals surface area (Å²) in [5.74, 6) is 0.0219. The van der Waals surface area contributed by atoms with Crippen LogP contribution >= 0.6 is 0 Å². The van der Waals surface area contributed by atoms with Crippen LogP contribution in [0.1, 0.15) is 45.6 Å². The molecular weight excluding hydrogens is 257 g/mol. The smallest absolute Gasteiger partial charge is 0.165 e. The van der Waals surface area contributed by atoms with Crippen molar-refractivity contribution in [3.8, 4) is 5.75 Å². The zero-order chi connectivity index (χ0) is 15.0. The van der Waals surface area contributed by atoms with Gasteiger partial charge in [-0.3, -0.25) is 0 Å². The average Bonchev–Trinajstić information content (AvgIpc) is 2.37. The van der Waals surface area contributed by atoms with Gasteiger partial charge in [-0.25, -0.2) is 4.39 Å². The number of hydrogen-bond donors (Lipinski definition) is 2. The summed E-state index contributed by atoms with van der Waals surface area (Å²) in [6.07, 6.45) is 2.47. The minimum absolute atomic E-state index is 0.0231. The molecule has 0 unspecified atom stereocenters. The third-order valence-corrected chi connectivity index (χ3v) is 2.91. The van der Waals surface area contributed by atoms with Crippen LogP contribution in [-0.4, -0.2) is 23.9 Å². The van der Waals surface area contributed by atoms with Crippen LogP contribution in [-0.2, 0) is 6.54 Å². The summed E-state index contributed by atoms with van der Waals surface area (Å²) in [5.41, 5.74) is 0.812. The maximum atomic E-state index is 13.9. The lowest BCUT2D eigenvalue weighted by Crippen LogP contribution is -2.35. The summed E-state index contributed by atoms with van der Waals surface area (Å²) in [6, 6.07) is 5.00. The van der Waals surface area contributed by atoms with Crippen LogP contribution in [0.3, 0.4) is 0 Å². The fraction of sp³-hybridized carbons (Fsp3) is 0.625. The number of hydrogen-bond acceptors (Lipinski definition) is 3. The second-order valence-electron chi connectivity index (χ2n) is 5.96. The van der Waals surface area contributed by atoms with Crippen molar-refractivity contribution in [3.05, 3.63) is 29.6 Å². The van der Waals surface area contributed by atoms with Crippen molar-refractivity contribution in [2.24, 2.45) is 0 Å². The van der Waals surface area contributed by atoms with Crippen molar-refractivity contribution >= 4 is 0 Å². The van der Waals surface area contributed by atoms with Crippen molar-refractivity contribution < 1.29 is 14.2 Å². The lowest BCUT2D eigenvalue weighted by molar-refractivity contribution is 0.259. The minimum Gasteiger partial charge on any atom is -0.490 e. The predicted octanol–water partition coefficient (Wildman–Crippen LogP) is 3.26. The van der Waals surface area contributed by atoms with E-state index in [-0.39, 0.29) is 18.0 Å². The summed E-state index contributed by atoms with van der Waals surface area (Å²) in [5, 5.41) is 12.0. The number of para-hydroxylation sites is 1. The first-order valence-corrected chi connectivity index (χ1v) is 7.20. The Balaban J connectivity index is 2.59. The van der Waals surface area contributed by atoms with Gasteiger partial charge >= 0.3 is 0 Å². The van der Waals surface area contributed by atoms with Gasteiger partial charge in [0.2, 0.25) is 0 Å². The van der Waals surface area contributed by atoms with Crippen LogP contribution < -0.4 is 10.1 Å². The number of nitrogens with one attached hydrogen (secondary N) is 1. The van der Waals surface area contributed by atoms with E-state index >= 15 is 0 Å². The third kappa shape index (κ3) is 6.35. The molecule has 0 aromatic heterocycles. The third-order valence-electron chi connectivity index (χ3n) is 2.91. The summed E-state index contributed by atoms with van der Waals surface area (Å²) in [7, 11) is 0. The fourth-order valence-electron chi connectivity index (χ4n) is 1.78. The van der Waals surface area contributed by atoms with E-state index in [9.17, 15) is 4.39 Å². The first-order valence-electron chi connectivity index (χ1n) is 7.20. The normalized spacial score (nSPS) is 11.7. The van der Waals surface area contributed by atoms with Gasteiger partial charge in [-0.1, -0.05) is 12.1 Å². The van der Waals surface area contributed by atoms with Crippen molar-refractivity contribution in [1.82, 2.24) is 5.32 Å². The van der Waals surface area contributed by atoms with Gasteiger partial charge in [0, 0.05) is 24.3 Å². The first-order chi connectivity index (χ1) is 9.44. The molecule has 0 aliphatic rings. The van der Waals surface area contributed by atoms with Crippen LogP contribution in [0.4, 0.5) is 4.39 Å². The second kappa shape index (κ2) is 8.22. The van der Waals surface area contributed by atoms with Gasteiger partial charge in [0.25, 0.3) is 0 Å². The number of rotatable bonds is 8. The highest BCUT2D eigenvalue weighted by Gasteiger charge is 2.13. The zero-order valence-corrected chi connectivity index (χ0v) is 12.7. The van der Waals surface area contributed by atoms with Gasteiger partial charge in [-0.2, -0.15) is 0 Å². The molecule has 4 heteroatoms. The Hall–Kier alpha value is -1.13. The number of benzene rings is 1. The van der Waals surface area contributed by atoms with E-state index in [0.29, 0.717) is 18.9 Å². The molecule has 0 spiro atoms. The maximum absolute atomic E-state index is 13.9. The molecule has 0 radical (unpaired) electrons. The van der Waals surface area contributed by atoms with Gasteiger partial charge in [-0.05, 0) is 46.1 Å². The van der Waals surface area contributed by atoms with Gasteiger partial charge < -0.3 is 15.2 Å². The molecule has 0 atom stereocenters. The Labute approximate surface area is 121 Å². The van der Waals surface area contributed by atoms with Crippen LogP contribution in [0, 0.1) is 5.82 Å². The van der Waals surface area contributed by atoms with Crippen LogP contribution in [0.5, 0.6) is 5.75 Å². The van der Waals surface area contributed by atoms with Crippen molar-refractivity contribution in [3.63, 3.8) is 0 Å². The molecular formula is C16H26FNO2.